The molecule has 0 heterocycles. The molecule has 3 aromatic rings. The molecule has 21 heavy (non-hydrogen) atoms. The van der Waals surface area contributed by atoms with Gasteiger partial charge in [0, 0.05) is 5.56 Å². The van der Waals surface area contributed by atoms with Gasteiger partial charge >= 0.3 is 0 Å². The Labute approximate surface area is 125 Å². The zero-order valence-electron chi connectivity index (χ0n) is 12.1. The van der Waals surface area contributed by atoms with Gasteiger partial charge in [0.25, 0.3) is 0 Å². The van der Waals surface area contributed by atoms with Crippen LogP contribution in [-0.4, -0.2) is 6.61 Å². The fourth-order valence-corrected chi connectivity index (χ4v) is 2.46. The van der Waals surface area contributed by atoms with Gasteiger partial charge in [-0.25, -0.2) is 0 Å². The second-order valence-electron chi connectivity index (χ2n) is 4.88. The summed E-state index contributed by atoms with van der Waals surface area (Å²) in [5, 5.41) is 0. The molecule has 0 fully saturated rings. The largest absolute Gasteiger partial charge is 0.493 e. The molecule has 0 saturated heterocycles. The van der Waals surface area contributed by atoms with Crippen LogP contribution in [0.1, 0.15) is 6.92 Å². The van der Waals surface area contributed by atoms with Crippen molar-refractivity contribution < 1.29 is 4.74 Å². The van der Waals surface area contributed by atoms with Crippen LogP contribution >= 0.6 is 0 Å². The third kappa shape index (κ3) is 2.97. The first kappa shape index (κ1) is 13.4. The maximum absolute atomic E-state index is 5.85. The standard InChI is InChI=1S/C20H18O/c1-2-21-20-15-18(16-9-5-3-6-10-16)13-14-19(20)17-11-7-4-8-12-17/h3-15H,2H2,1H3. The number of hydrogen-bond acceptors (Lipinski definition) is 1. The minimum atomic E-state index is 0.665. The number of ether oxygens (including phenoxy) is 1. The molecule has 0 saturated carbocycles. The lowest BCUT2D eigenvalue weighted by Gasteiger charge is -2.12. The lowest BCUT2D eigenvalue weighted by molar-refractivity contribution is 0.342. The summed E-state index contributed by atoms with van der Waals surface area (Å²) in [5.74, 6) is 0.935. The van der Waals surface area contributed by atoms with Gasteiger partial charge in [0.15, 0.2) is 0 Å². The Hall–Kier alpha value is -2.54. The second kappa shape index (κ2) is 6.27. The number of rotatable bonds is 4. The molecule has 3 aromatic carbocycles. The Morgan fingerprint density at radius 1 is 0.667 bits per heavy atom. The molecule has 0 amide bonds. The molecular formula is C20H18O. The van der Waals surface area contributed by atoms with Gasteiger partial charge in [-0.3, -0.25) is 0 Å². The van der Waals surface area contributed by atoms with Crippen molar-refractivity contribution in [2.24, 2.45) is 0 Å². The summed E-state index contributed by atoms with van der Waals surface area (Å²) in [5.41, 5.74) is 4.70. The van der Waals surface area contributed by atoms with E-state index >= 15 is 0 Å². The van der Waals surface area contributed by atoms with Gasteiger partial charge in [0.1, 0.15) is 5.75 Å². The van der Waals surface area contributed by atoms with Crippen LogP contribution in [-0.2, 0) is 0 Å². The average molecular weight is 274 g/mol. The van der Waals surface area contributed by atoms with Gasteiger partial charge in [-0.05, 0) is 29.7 Å². The fourth-order valence-electron chi connectivity index (χ4n) is 2.46. The molecule has 104 valence electrons. The monoisotopic (exact) mass is 274 g/mol. The smallest absolute Gasteiger partial charge is 0.127 e. The molecule has 0 bridgehead atoms. The van der Waals surface area contributed by atoms with E-state index in [2.05, 4.69) is 66.7 Å². The van der Waals surface area contributed by atoms with E-state index in [1.54, 1.807) is 0 Å². The average Bonchev–Trinajstić information content (AvgIpc) is 2.57. The first-order chi connectivity index (χ1) is 10.4. The van der Waals surface area contributed by atoms with Gasteiger partial charge < -0.3 is 4.74 Å². The summed E-state index contributed by atoms with van der Waals surface area (Å²) in [7, 11) is 0. The van der Waals surface area contributed by atoms with E-state index in [0.717, 1.165) is 11.3 Å². The van der Waals surface area contributed by atoms with E-state index < -0.39 is 0 Å². The van der Waals surface area contributed by atoms with Gasteiger partial charge in [0.05, 0.1) is 6.61 Å². The van der Waals surface area contributed by atoms with Gasteiger partial charge in [-0.2, -0.15) is 0 Å². The van der Waals surface area contributed by atoms with E-state index in [9.17, 15) is 0 Å². The van der Waals surface area contributed by atoms with E-state index in [4.69, 9.17) is 4.74 Å². The summed E-state index contributed by atoms with van der Waals surface area (Å²) in [6.45, 7) is 2.68. The molecule has 0 atom stereocenters. The first-order valence-corrected chi connectivity index (χ1v) is 7.26. The van der Waals surface area contributed by atoms with Crippen LogP contribution in [0.25, 0.3) is 22.3 Å². The van der Waals surface area contributed by atoms with Crippen LogP contribution in [0.2, 0.25) is 0 Å². The van der Waals surface area contributed by atoms with E-state index in [1.165, 1.54) is 16.7 Å². The number of benzene rings is 3. The molecule has 1 nitrogen and oxygen atoms in total. The van der Waals surface area contributed by atoms with Crippen molar-refractivity contribution in [1.29, 1.82) is 0 Å². The van der Waals surface area contributed by atoms with Crippen LogP contribution in [0.15, 0.2) is 78.9 Å². The maximum atomic E-state index is 5.85. The Balaban J connectivity index is 2.07. The zero-order valence-corrected chi connectivity index (χ0v) is 12.1. The molecule has 0 N–H and O–H groups in total. The van der Waals surface area contributed by atoms with Gasteiger partial charge in [-0.1, -0.05) is 72.8 Å². The second-order valence-corrected chi connectivity index (χ2v) is 4.88. The van der Waals surface area contributed by atoms with Crippen molar-refractivity contribution in [3.63, 3.8) is 0 Å². The van der Waals surface area contributed by atoms with Crippen molar-refractivity contribution >= 4 is 0 Å². The fraction of sp³-hybridized carbons (Fsp3) is 0.100. The molecule has 0 radical (unpaired) electrons. The minimum absolute atomic E-state index is 0.665. The Bertz CT molecular complexity index is 702. The third-order valence-electron chi connectivity index (χ3n) is 3.47. The Kier molecular flexibility index (Phi) is 4.02. The molecule has 3 rings (SSSR count). The quantitative estimate of drug-likeness (QED) is 0.617. The molecule has 1 heteroatoms. The molecule has 0 aliphatic rings. The van der Waals surface area contributed by atoms with E-state index in [0.29, 0.717) is 6.61 Å². The molecule has 0 aliphatic heterocycles. The lowest BCUT2D eigenvalue weighted by atomic mass is 9.99. The van der Waals surface area contributed by atoms with Crippen molar-refractivity contribution in [1.82, 2.24) is 0 Å². The highest BCUT2D eigenvalue weighted by Gasteiger charge is 2.08. The molecular weight excluding hydrogens is 256 g/mol. The van der Waals surface area contributed by atoms with Crippen molar-refractivity contribution in [3.8, 4) is 28.0 Å². The highest BCUT2D eigenvalue weighted by atomic mass is 16.5. The van der Waals surface area contributed by atoms with E-state index in [1.807, 2.05) is 19.1 Å². The molecule has 0 unspecified atom stereocenters. The van der Waals surface area contributed by atoms with Gasteiger partial charge in [0.2, 0.25) is 0 Å². The molecule has 0 aliphatic carbocycles. The van der Waals surface area contributed by atoms with Crippen LogP contribution < -0.4 is 4.74 Å². The van der Waals surface area contributed by atoms with Crippen molar-refractivity contribution in [2.45, 2.75) is 6.92 Å². The van der Waals surface area contributed by atoms with E-state index in [-0.39, 0.29) is 0 Å². The highest BCUT2D eigenvalue weighted by molar-refractivity contribution is 5.76. The predicted octanol–water partition coefficient (Wildman–Crippen LogP) is 5.42. The van der Waals surface area contributed by atoms with Crippen LogP contribution in [0.4, 0.5) is 0 Å². The molecule has 0 aromatic heterocycles. The summed E-state index contributed by atoms with van der Waals surface area (Å²) >= 11 is 0. The van der Waals surface area contributed by atoms with Gasteiger partial charge in [-0.15, -0.1) is 0 Å². The minimum Gasteiger partial charge on any atom is -0.493 e. The SMILES string of the molecule is CCOc1cc(-c2ccccc2)ccc1-c1ccccc1. The normalized spacial score (nSPS) is 10.3. The first-order valence-electron chi connectivity index (χ1n) is 7.26. The lowest BCUT2D eigenvalue weighted by Crippen LogP contribution is -1.94. The summed E-state index contributed by atoms with van der Waals surface area (Å²) < 4.78 is 5.85. The van der Waals surface area contributed by atoms with Crippen molar-refractivity contribution in [2.75, 3.05) is 6.61 Å². The topological polar surface area (TPSA) is 9.23 Å². The zero-order chi connectivity index (χ0) is 14.5. The van der Waals surface area contributed by atoms with Crippen LogP contribution in [0.5, 0.6) is 5.75 Å². The number of hydrogen-bond donors (Lipinski definition) is 0. The third-order valence-corrected chi connectivity index (χ3v) is 3.47. The van der Waals surface area contributed by atoms with Crippen LogP contribution in [0, 0.1) is 0 Å². The Morgan fingerprint density at radius 2 is 1.29 bits per heavy atom. The maximum Gasteiger partial charge on any atom is 0.127 e. The summed E-state index contributed by atoms with van der Waals surface area (Å²) in [6, 6.07) is 27.2. The Morgan fingerprint density at radius 3 is 1.90 bits per heavy atom. The summed E-state index contributed by atoms with van der Waals surface area (Å²) in [4.78, 5) is 0. The molecule has 0 spiro atoms. The predicted molar refractivity (Wildman–Crippen MR) is 88.5 cm³/mol. The highest BCUT2D eigenvalue weighted by Crippen LogP contribution is 2.34. The van der Waals surface area contributed by atoms with Crippen molar-refractivity contribution in [3.05, 3.63) is 78.9 Å². The summed E-state index contributed by atoms with van der Waals surface area (Å²) in [6.07, 6.45) is 0. The van der Waals surface area contributed by atoms with Crippen LogP contribution in [0.3, 0.4) is 0 Å².